The molecule has 0 unspecified atom stereocenters. The van der Waals surface area contributed by atoms with Crippen LogP contribution in [0.5, 0.6) is 0 Å². The summed E-state index contributed by atoms with van der Waals surface area (Å²) in [6.07, 6.45) is 5.25. The molecule has 86 valence electrons. The third kappa shape index (κ3) is 21.5. The Hall–Kier alpha value is 2.25. The van der Waals surface area contributed by atoms with E-state index in [0.717, 1.165) is 38.6 Å². The van der Waals surface area contributed by atoms with Gasteiger partial charge in [0.1, 0.15) is 0 Å². The van der Waals surface area contributed by atoms with Gasteiger partial charge >= 0.3 is 59.1 Å². The predicted molar refractivity (Wildman–Crippen MR) is 58.9 cm³/mol. The van der Waals surface area contributed by atoms with E-state index in [0.29, 0.717) is 16.1 Å². The van der Waals surface area contributed by atoms with Crippen LogP contribution >= 0.6 is 0 Å². The Labute approximate surface area is 147 Å². The zero-order valence-electron chi connectivity index (χ0n) is 10.5. The molecule has 0 aliphatic carbocycles. The third-order valence-corrected chi connectivity index (χ3v) is 3.91. The molecule has 16 heavy (non-hydrogen) atoms. The van der Waals surface area contributed by atoms with Crippen molar-refractivity contribution in [2.75, 3.05) is 19.3 Å². The first-order chi connectivity index (χ1) is 6.56. The van der Waals surface area contributed by atoms with Crippen molar-refractivity contribution in [2.24, 2.45) is 0 Å². The van der Waals surface area contributed by atoms with Crippen molar-refractivity contribution in [3.05, 3.63) is 0 Å². The zero-order chi connectivity index (χ0) is 10.9. The smallest absolute Gasteiger partial charge is 0.746 e. The molecule has 0 radical (unpaired) electrons. The molecule has 0 amide bonds. The van der Waals surface area contributed by atoms with E-state index in [1.54, 1.807) is 0 Å². The van der Waals surface area contributed by atoms with Crippen LogP contribution < -0.4 is 64.4 Å². The van der Waals surface area contributed by atoms with Gasteiger partial charge in [0.15, 0.2) is 5.75 Å². The molecule has 0 atom stereocenters. The monoisotopic (exact) mass is 286 g/mol. The fourth-order valence-electron chi connectivity index (χ4n) is 1.10. The Bertz CT molecular complexity index is 237. The molecule has 4 nitrogen and oxygen atoms in total. The molecular formula is C8H18NNa2O3S2+. The summed E-state index contributed by atoms with van der Waals surface area (Å²) in [6.45, 7) is 1.03. The second-order valence-corrected chi connectivity index (χ2v) is 6.49. The van der Waals surface area contributed by atoms with Crippen LogP contribution in [0, 0.1) is 0 Å². The van der Waals surface area contributed by atoms with Crippen molar-refractivity contribution in [3.8, 4) is 0 Å². The minimum Gasteiger partial charge on any atom is -0.746 e. The van der Waals surface area contributed by atoms with E-state index in [-0.39, 0.29) is 59.1 Å². The maximum absolute atomic E-state index is 10.2. The Morgan fingerprint density at radius 3 is 2.06 bits per heavy atom. The second kappa shape index (κ2) is 15.3. The molecule has 0 aromatic heterocycles. The zero-order valence-corrected chi connectivity index (χ0v) is 16.1. The SMILES string of the molecule is CNCCCCCCC[S+]=S(=O)([O-])[O-].[Na+].[Na+]. The standard InChI is InChI=1S/C8H19NO3S2.2Na/c1-9-7-5-3-2-4-6-8-13-14(10,11)12;;/h9H,2-8H2,1H3,(H-,10,11,12);;/q;2*+1/p-1. The van der Waals surface area contributed by atoms with Gasteiger partial charge in [-0.25, -0.2) is 4.21 Å². The summed E-state index contributed by atoms with van der Waals surface area (Å²) >= 11 is 0. The first-order valence-electron chi connectivity index (χ1n) is 4.81. The largest absolute Gasteiger partial charge is 1.00 e. The Balaban J connectivity index is -0.000000845. The maximum atomic E-state index is 10.2. The molecule has 0 aliphatic heterocycles. The van der Waals surface area contributed by atoms with Crippen molar-refractivity contribution in [1.29, 1.82) is 0 Å². The molecule has 0 aliphatic rings. The molecular weight excluding hydrogens is 268 g/mol. The van der Waals surface area contributed by atoms with E-state index in [1.165, 1.54) is 0 Å². The Kier molecular flexibility index (Phi) is 22.3. The molecule has 0 saturated carbocycles. The maximum Gasteiger partial charge on any atom is 1.00 e. The van der Waals surface area contributed by atoms with Crippen LogP contribution in [0.25, 0.3) is 0 Å². The molecule has 0 heterocycles. The molecule has 0 aromatic carbocycles. The number of unbranched alkanes of at least 4 members (excludes halogenated alkanes) is 4. The van der Waals surface area contributed by atoms with Crippen molar-refractivity contribution >= 4 is 19.4 Å². The van der Waals surface area contributed by atoms with Crippen LogP contribution in [-0.4, -0.2) is 32.7 Å². The van der Waals surface area contributed by atoms with Crippen LogP contribution in [0.3, 0.4) is 0 Å². The summed E-state index contributed by atoms with van der Waals surface area (Å²) in [5.41, 5.74) is 0. The molecule has 8 heteroatoms. The topological polar surface area (TPSA) is 75.2 Å². The first-order valence-corrected chi connectivity index (χ1v) is 7.72. The van der Waals surface area contributed by atoms with Gasteiger partial charge in [-0.1, -0.05) is 12.8 Å². The summed E-state index contributed by atoms with van der Waals surface area (Å²) < 4.78 is 30.6. The molecule has 0 rings (SSSR count). The number of hydrogen-bond donors (Lipinski definition) is 1. The summed E-state index contributed by atoms with van der Waals surface area (Å²) in [5, 5.41) is 3.06. The van der Waals surface area contributed by atoms with Crippen molar-refractivity contribution < 1.29 is 72.4 Å². The van der Waals surface area contributed by atoms with Gasteiger partial charge in [-0.3, -0.25) is 0 Å². The van der Waals surface area contributed by atoms with Gasteiger partial charge in [-0.2, -0.15) is 0 Å². The number of nitrogens with one attached hydrogen (secondary N) is 1. The molecule has 1 N–H and O–H groups in total. The van der Waals surface area contributed by atoms with Crippen molar-refractivity contribution in [3.63, 3.8) is 0 Å². The predicted octanol–water partition coefficient (Wildman–Crippen LogP) is -5.29. The summed E-state index contributed by atoms with van der Waals surface area (Å²) in [5.74, 6) is 0.428. The van der Waals surface area contributed by atoms with Crippen LogP contribution in [0.4, 0.5) is 0 Å². The van der Waals surface area contributed by atoms with Gasteiger partial charge in [0.05, 0.1) is 9.05 Å². The minimum atomic E-state index is -4.07. The van der Waals surface area contributed by atoms with Gasteiger partial charge in [0.2, 0.25) is 10.3 Å². The molecule has 0 spiro atoms. The van der Waals surface area contributed by atoms with E-state index >= 15 is 0 Å². The Morgan fingerprint density at radius 1 is 1.06 bits per heavy atom. The molecule has 0 fully saturated rings. The van der Waals surface area contributed by atoms with Crippen molar-refractivity contribution in [2.45, 2.75) is 32.1 Å². The number of hydrogen-bond acceptors (Lipinski definition) is 4. The third-order valence-electron chi connectivity index (χ3n) is 1.80. The van der Waals surface area contributed by atoms with Gasteiger partial charge in [-0.05, 0) is 26.4 Å². The van der Waals surface area contributed by atoms with E-state index in [9.17, 15) is 13.3 Å². The van der Waals surface area contributed by atoms with E-state index in [1.807, 2.05) is 7.05 Å². The molecule has 0 bridgehead atoms. The molecule has 0 saturated heterocycles. The quantitative estimate of drug-likeness (QED) is 0.275. The first kappa shape index (κ1) is 23.4. The van der Waals surface area contributed by atoms with Gasteiger partial charge in [0, 0.05) is 6.42 Å². The van der Waals surface area contributed by atoms with E-state index in [2.05, 4.69) is 5.32 Å². The van der Waals surface area contributed by atoms with Gasteiger partial charge in [0.25, 0.3) is 0 Å². The Morgan fingerprint density at radius 2 is 1.56 bits per heavy atom. The fraction of sp³-hybridized carbons (Fsp3) is 1.00. The minimum absolute atomic E-state index is 0. The van der Waals surface area contributed by atoms with E-state index < -0.39 is 9.05 Å². The van der Waals surface area contributed by atoms with Crippen LogP contribution in [0.1, 0.15) is 32.1 Å². The average Bonchev–Trinajstić information content (AvgIpc) is 2.08. The van der Waals surface area contributed by atoms with Crippen LogP contribution in [0.2, 0.25) is 0 Å². The van der Waals surface area contributed by atoms with Crippen LogP contribution in [0.15, 0.2) is 0 Å². The van der Waals surface area contributed by atoms with Crippen LogP contribution in [-0.2, 0) is 19.4 Å². The summed E-state index contributed by atoms with van der Waals surface area (Å²) in [6, 6.07) is 0. The second-order valence-electron chi connectivity index (χ2n) is 3.10. The summed E-state index contributed by atoms with van der Waals surface area (Å²) in [4.78, 5) is 0. The normalized spacial score (nSPS) is 10.2. The molecule has 0 aromatic rings. The average molecular weight is 286 g/mol. The van der Waals surface area contributed by atoms with Crippen molar-refractivity contribution in [1.82, 2.24) is 5.32 Å². The van der Waals surface area contributed by atoms with Gasteiger partial charge in [-0.15, -0.1) is 0 Å². The fourth-order valence-corrected chi connectivity index (χ4v) is 2.59. The number of rotatable bonds is 8. The van der Waals surface area contributed by atoms with Gasteiger partial charge < -0.3 is 14.4 Å². The summed E-state index contributed by atoms with van der Waals surface area (Å²) in [7, 11) is -1.64. The van der Waals surface area contributed by atoms with E-state index in [4.69, 9.17) is 0 Å².